The van der Waals surface area contributed by atoms with Gasteiger partial charge in [0.15, 0.2) is 11.5 Å². The summed E-state index contributed by atoms with van der Waals surface area (Å²) >= 11 is 0. The monoisotopic (exact) mass is 984 g/mol. The summed E-state index contributed by atoms with van der Waals surface area (Å²) in [7, 11) is 0. The third kappa shape index (κ3) is 25.1. The molecule has 11 heteroatoms. The second kappa shape index (κ2) is 38.1. The first kappa shape index (κ1) is 59.0. The van der Waals surface area contributed by atoms with E-state index in [0.29, 0.717) is 59.8 Å². The van der Waals surface area contributed by atoms with E-state index in [2.05, 4.69) is 31.1 Å². The molecule has 0 bridgehead atoms. The molecule has 0 aliphatic carbocycles. The maximum atomic E-state index is 14.0. The molecule has 1 atom stereocenters. The van der Waals surface area contributed by atoms with Crippen LogP contribution in [0.15, 0.2) is 66.9 Å². The number of nitrogens with zero attached hydrogens (tertiary/aromatic N) is 3. The van der Waals surface area contributed by atoms with Crippen LogP contribution in [0.25, 0.3) is 16.9 Å². The molecule has 0 radical (unpaired) electrons. The summed E-state index contributed by atoms with van der Waals surface area (Å²) in [4.78, 5) is 14.0. The zero-order valence-electron chi connectivity index (χ0n) is 44.4. The van der Waals surface area contributed by atoms with Crippen LogP contribution in [0.1, 0.15) is 224 Å². The van der Waals surface area contributed by atoms with E-state index in [1.165, 1.54) is 154 Å². The zero-order chi connectivity index (χ0) is 50.4. The quantitative estimate of drug-likeness (QED) is 0.0251. The summed E-state index contributed by atoms with van der Waals surface area (Å²) in [6.45, 7) is 8.06. The molecule has 4 aromatic rings. The van der Waals surface area contributed by atoms with E-state index in [0.717, 1.165) is 49.8 Å². The Morgan fingerprint density at radius 1 is 0.521 bits per heavy atom. The van der Waals surface area contributed by atoms with Crippen LogP contribution < -0.4 is 23.7 Å². The molecule has 3 aromatic carbocycles. The van der Waals surface area contributed by atoms with Gasteiger partial charge < -0.3 is 33.9 Å². The average molecular weight is 984 g/mol. The van der Waals surface area contributed by atoms with Crippen molar-refractivity contribution in [2.24, 2.45) is 0 Å². The molecule has 1 aromatic heterocycles. The summed E-state index contributed by atoms with van der Waals surface area (Å²) in [5.41, 5.74) is 2.59. The molecule has 1 unspecified atom stereocenters. The van der Waals surface area contributed by atoms with E-state index in [9.17, 15) is 9.90 Å². The van der Waals surface area contributed by atoms with Crippen molar-refractivity contribution < 1.29 is 38.7 Å². The van der Waals surface area contributed by atoms with E-state index < -0.39 is 12.1 Å². The van der Waals surface area contributed by atoms with E-state index in [-0.39, 0.29) is 13.2 Å². The Labute approximate surface area is 428 Å². The number of benzene rings is 3. The van der Waals surface area contributed by atoms with Crippen molar-refractivity contribution in [1.29, 1.82) is 0 Å². The summed E-state index contributed by atoms with van der Waals surface area (Å²) < 4.78 is 32.8. The predicted octanol–water partition coefficient (Wildman–Crippen LogP) is 15.8. The molecule has 0 spiro atoms. The molecule has 0 saturated carbocycles. The minimum absolute atomic E-state index is 0.00192. The molecular formula is C60H93N3O8. The molecule has 71 heavy (non-hydrogen) atoms. The lowest BCUT2D eigenvalue weighted by Gasteiger charge is -2.19. The molecule has 4 rings (SSSR count). The van der Waals surface area contributed by atoms with Crippen LogP contribution in [0.4, 0.5) is 0 Å². The van der Waals surface area contributed by atoms with Crippen LogP contribution >= 0.6 is 0 Å². The van der Waals surface area contributed by atoms with E-state index >= 15 is 0 Å². The topological polar surface area (TPSA) is 134 Å². The lowest BCUT2D eigenvalue weighted by Crippen LogP contribution is -2.21. The number of ether oxygens (including phenoxy) is 5. The van der Waals surface area contributed by atoms with Gasteiger partial charge >= 0.3 is 5.97 Å². The number of carbonyl (C=O) groups excluding carboxylic acids is 1. The first-order valence-corrected chi connectivity index (χ1v) is 28.3. The normalized spacial score (nSPS) is 11.7. The van der Waals surface area contributed by atoms with Gasteiger partial charge in [-0.15, -0.1) is 5.10 Å². The number of aromatic nitrogens is 3. The van der Waals surface area contributed by atoms with Gasteiger partial charge in [0.2, 0.25) is 5.75 Å². The largest absolute Gasteiger partial charge is 0.491 e. The summed E-state index contributed by atoms with van der Waals surface area (Å²) in [6, 6.07) is 18.0. The van der Waals surface area contributed by atoms with Gasteiger partial charge in [0.25, 0.3) is 0 Å². The Kier molecular flexibility index (Phi) is 31.6. The van der Waals surface area contributed by atoms with Gasteiger partial charge in [0.05, 0.1) is 43.9 Å². The number of esters is 1. The van der Waals surface area contributed by atoms with Crippen LogP contribution in [-0.4, -0.2) is 70.3 Å². The van der Waals surface area contributed by atoms with Gasteiger partial charge in [-0.2, -0.15) is 0 Å². The predicted molar refractivity (Wildman–Crippen MR) is 289 cm³/mol. The van der Waals surface area contributed by atoms with Crippen LogP contribution in [0.2, 0.25) is 0 Å². The van der Waals surface area contributed by atoms with Crippen molar-refractivity contribution in [2.45, 2.75) is 219 Å². The van der Waals surface area contributed by atoms with Gasteiger partial charge in [-0.1, -0.05) is 199 Å². The minimum atomic E-state index is -0.937. The first-order valence-electron chi connectivity index (χ1n) is 28.3. The standard InChI is InChI=1S/C60H93N3O8/c1-4-7-10-13-16-19-22-25-28-31-42-67-57-45-51(60(66)71-55-40-36-52(37-41-55)63-47-56(61-62-63)50-34-38-54(39-35-50)70-49-53(65)48-64)46-58(68-43-32-29-26-23-20-17-14-11-8-5-2)59(57)69-44-33-30-27-24-21-18-15-12-9-6-3/h34-41,45-47,53,64-65H,4-33,42-44,48-49H2,1-3H3. The second-order valence-corrected chi connectivity index (χ2v) is 19.5. The summed E-state index contributed by atoms with van der Waals surface area (Å²) in [5, 5.41) is 27.3. The highest BCUT2D eigenvalue weighted by Gasteiger charge is 2.21. The first-order chi connectivity index (χ1) is 34.9. The molecule has 2 N–H and O–H groups in total. The maximum Gasteiger partial charge on any atom is 0.343 e. The molecule has 11 nitrogen and oxygen atoms in total. The fourth-order valence-electron chi connectivity index (χ4n) is 8.68. The number of hydrogen-bond acceptors (Lipinski definition) is 10. The molecule has 0 aliphatic heterocycles. The van der Waals surface area contributed by atoms with Crippen molar-refractivity contribution in [3.8, 4) is 45.7 Å². The summed E-state index contributed by atoms with van der Waals surface area (Å²) in [6.07, 6.45) is 38.2. The third-order valence-corrected chi connectivity index (χ3v) is 13.1. The lowest BCUT2D eigenvalue weighted by atomic mass is 10.1. The van der Waals surface area contributed by atoms with Gasteiger partial charge in [0.1, 0.15) is 29.9 Å². The Bertz CT molecular complexity index is 1890. The summed E-state index contributed by atoms with van der Waals surface area (Å²) in [5.74, 6) is 2.09. The lowest BCUT2D eigenvalue weighted by molar-refractivity contribution is 0.0536. The Morgan fingerprint density at radius 2 is 0.930 bits per heavy atom. The van der Waals surface area contributed by atoms with Crippen molar-refractivity contribution in [3.05, 3.63) is 72.4 Å². The Morgan fingerprint density at radius 3 is 1.37 bits per heavy atom. The number of unbranched alkanes of at least 4 members (excludes halogenated alkanes) is 27. The number of rotatable bonds is 44. The zero-order valence-corrected chi connectivity index (χ0v) is 44.4. The highest BCUT2D eigenvalue weighted by molar-refractivity contribution is 5.92. The molecule has 1 heterocycles. The molecule has 0 saturated heterocycles. The van der Waals surface area contributed by atoms with Crippen LogP contribution in [0.3, 0.4) is 0 Å². The highest BCUT2D eigenvalue weighted by atomic mass is 16.5. The fraction of sp³-hybridized carbons (Fsp3) is 0.650. The van der Waals surface area contributed by atoms with Gasteiger partial charge in [-0.25, -0.2) is 9.48 Å². The van der Waals surface area contributed by atoms with E-state index in [1.54, 1.807) is 41.1 Å². The van der Waals surface area contributed by atoms with Gasteiger partial charge in [-0.05, 0) is 79.9 Å². The SMILES string of the molecule is CCCCCCCCCCCCOc1cc(C(=O)Oc2ccc(-n3cc(-c4ccc(OCC(O)CO)cc4)nn3)cc2)cc(OCCCCCCCCCCCC)c1OCCCCCCCCCCCC. The Hall–Kier alpha value is -4.61. The second-order valence-electron chi connectivity index (χ2n) is 19.5. The van der Waals surface area contributed by atoms with Gasteiger partial charge in [0, 0.05) is 5.56 Å². The number of carbonyl (C=O) groups is 1. The minimum Gasteiger partial charge on any atom is -0.491 e. The smallest absolute Gasteiger partial charge is 0.343 e. The van der Waals surface area contributed by atoms with Crippen molar-refractivity contribution >= 4 is 5.97 Å². The fourth-order valence-corrected chi connectivity index (χ4v) is 8.68. The average Bonchev–Trinajstić information content (AvgIpc) is 3.89. The third-order valence-electron chi connectivity index (χ3n) is 13.1. The van der Waals surface area contributed by atoms with E-state index in [4.69, 9.17) is 28.8 Å². The number of hydrogen-bond donors (Lipinski definition) is 2. The highest BCUT2D eigenvalue weighted by Crippen LogP contribution is 2.40. The van der Waals surface area contributed by atoms with Crippen LogP contribution in [-0.2, 0) is 0 Å². The Balaban J connectivity index is 1.43. The molecular weight excluding hydrogens is 891 g/mol. The van der Waals surface area contributed by atoms with Crippen molar-refractivity contribution in [1.82, 2.24) is 15.0 Å². The molecule has 0 fully saturated rings. The van der Waals surface area contributed by atoms with Crippen molar-refractivity contribution in [3.63, 3.8) is 0 Å². The number of aliphatic hydroxyl groups excluding tert-OH is 2. The van der Waals surface area contributed by atoms with Crippen LogP contribution in [0, 0.1) is 0 Å². The molecule has 396 valence electrons. The number of aliphatic hydroxyl groups is 2. The molecule has 0 amide bonds. The van der Waals surface area contributed by atoms with E-state index in [1.807, 2.05) is 30.5 Å². The van der Waals surface area contributed by atoms with Gasteiger partial charge in [-0.3, -0.25) is 0 Å². The molecule has 0 aliphatic rings. The van der Waals surface area contributed by atoms with Crippen LogP contribution in [0.5, 0.6) is 28.7 Å². The van der Waals surface area contributed by atoms with Crippen molar-refractivity contribution in [2.75, 3.05) is 33.0 Å². The maximum absolute atomic E-state index is 14.0.